The molecule has 4 nitrogen and oxygen atoms in total. The minimum atomic E-state index is -0.233. The third-order valence-corrected chi connectivity index (χ3v) is 2.16. The molecule has 0 radical (unpaired) electrons. The molecule has 1 heterocycles. The summed E-state index contributed by atoms with van der Waals surface area (Å²) in [5, 5.41) is 5.93. The molecule has 2 unspecified atom stereocenters. The highest BCUT2D eigenvalue weighted by Crippen LogP contribution is 2.03. The summed E-state index contributed by atoms with van der Waals surface area (Å²) in [5.41, 5.74) is 0.947. The van der Waals surface area contributed by atoms with Gasteiger partial charge in [-0.25, -0.2) is 0 Å². The van der Waals surface area contributed by atoms with Crippen LogP contribution in [0.5, 0.6) is 0 Å². The van der Waals surface area contributed by atoms with Crippen molar-refractivity contribution in [2.75, 3.05) is 19.7 Å². The van der Waals surface area contributed by atoms with Crippen molar-refractivity contribution in [3.63, 3.8) is 0 Å². The van der Waals surface area contributed by atoms with Crippen molar-refractivity contribution in [3.8, 4) is 0 Å². The molecule has 4 heteroatoms. The second-order valence-corrected chi connectivity index (χ2v) is 3.68. The quantitative estimate of drug-likeness (QED) is 0.630. The molecular formula is C10H18N2O2. The molecule has 0 bridgehead atoms. The molecule has 1 saturated heterocycles. The molecule has 0 aromatic rings. The topological polar surface area (TPSA) is 50.4 Å². The van der Waals surface area contributed by atoms with E-state index in [1.165, 1.54) is 0 Å². The van der Waals surface area contributed by atoms with Crippen molar-refractivity contribution in [3.05, 3.63) is 12.2 Å². The van der Waals surface area contributed by atoms with E-state index >= 15 is 0 Å². The first-order valence-electron chi connectivity index (χ1n) is 4.88. The molecule has 0 spiro atoms. The highest BCUT2D eigenvalue weighted by Gasteiger charge is 2.27. The maximum absolute atomic E-state index is 11.6. The summed E-state index contributed by atoms with van der Waals surface area (Å²) >= 11 is 0. The van der Waals surface area contributed by atoms with Crippen molar-refractivity contribution in [2.45, 2.75) is 26.0 Å². The standard InChI is InChI=1S/C10H18N2O2/c1-7(2)6-12-10(13)9-8(3)14-5-4-11-9/h8-9,11H,1,4-6H2,2-3H3,(H,12,13). The Morgan fingerprint density at radius 2 is 2.43 bits per heavy atom. The predicted molar refractivity (Wildman–Crippen MR) is 55.0 cm³/mol. The first kappa shape index (κ1) is 11.2. The highest BCUT2D eigenvalue weighted by molar-refractivity contribution is 5.82. The van der Waals surface area contributed by atoms with Crippen LogP contribution >= 0.6 is 0 Å². The Labute approximate surface area is 84.7 Å². The summed E-state index contributed by atoms with van der Waals surface area (Å²) in [6.07, 6.45) is -0.0612. The van der Waals surface area contributed by atoms with Gasteiger partial charge in [-0.1, -0.05) is 12.2 Å². The van der Waals surface area contributed by atoms with E-state index in [1.807, 2.05) is 13.8 Å². The fourth-order valence-electron chi connectivity index (χ4n) is 1.38. The number of carbonyl (C=O) groups is 1. The van der Waals surface area contributed by atoms with Crippen LogP contribution in [0.4, 0.5) is 0 Å². The number of amides is 1. The number of rotatable bonds is 3. The molecule has 1 fully saturated rings. The average molecular weight is 198 g/mol. The molecule has 0 aliphatic carbocycles. The molecule has 0 saturated carbocycles. The largest absolute Gasteiger partial charge is 0.375 e. The zero-order chi connectivity index (χ0) is 10.6. The molecule has 2 N–H and O–H groups in total. The number of ether oxygens (including phenoxy) is 1. The van der Waals surface area contributed by atoms with Gasteiger partial charge in [0.1, 0.15) is 6.04 Å². The van der Waals surface area contributed by atoms with Crippen molar-refractivity contribution in [2.24, 2.45) is 0 Å². The molecule has 1 rings (SSSR count). The smallest absolute Gasteiger partial charge is 0.240 e. The fraction of sp³-hybridized carbons (Fsp3) is 0.700. The van der Waals surface area contributed by atoms with E-state index < -0.39 is 0 Å². The lowest BCUT2D eigenvalue weighted by Gasteiger charge is -2.29. The fourth-order valence-corrected chi connectivity index (χ4v) is 1.38. The van der Waals surface area contributed by atoms with Gasteiger partial charge >= 0.3 is 0 Å². The van der Waals surface area contributed by atoms with Gasteiger partial charge in [0.25, 0.3) is 0 Å². The number of hydrogen-bond donors (Lipinski definition) is 2. The van der Waals surface area contributed by atoms with Gasteiger partial charge in [0, 0.05) is 13.1 Å². The van der Waals surface area contributed by atoms with Crippen LogP contribution in [0.2, 0.25) is 0 Å². The maximum atomic E-state index is 11.6. The molecule has 0 aromatic heterocycles. The monoisotopic (exact) mass is 198 g/mol. The highest BCUT2D eigenvalue weighted by atomic mass is 16.5. The zero-order valence-corrected chi connectivity index (χ0v) is 8.80. The third kappa shape index (κ3) is 3.12. The van der Waals surface area contributed by atoms with Crippen LogP contribution in [0, 0.1) is 0 Å². The van der Waals surface area contributed by atoms with Gasteiger partial charge in [0.15, 0.2) is 0 Å². The van der Waals surface area contributed by atoms with Crippen LogP contribution in [-0.2, 0) is 9.53 Å². The lowest BCUT2D eigenvalue weighted by molar-refractivity contribution is -0.128. The van der Waals surface area contributed by atoms with Gasteiger partial charge in [0.05, 0.1) is 12.7 Å². The minimum Gasteiger partial charge on any atom is -0.375 e. The first-order chi connectivity index (χ1) is 6.61. The zero-order valence-electron chi connectivity index (χ0n) is 8.80. The van der Waals surface area contributed by atoms with E-state index in [2.05, 4.69) is 17.2 Å². The Kier molecular flexibility index (Phi) is 4.10. The Balaban J connectivity index is 2.38. The lowest BCUT2D eigenvalue weighted by Crippen LogP contribution is -2.55. The van der Waals surface area contributed by atoms with Gasteiger partial charge in [-0.3, -0.25) is 4.79 Å². The van der Waals surface area contributed by atoms with Crippen LogP contribution in [-0.4, -0.2) is 37.7 Å². The average Bonchev–Trinajstić information content (AvgIpc) is 2.15. The lowest BCUT2D eigenvalue weighted by atomic mass is 10.1. The molecule has 1 aliphatic rings. The summed E-state index contributed by atoms with van der Waals surface area (Å²) in [6.45, 7) is 9.44. The van der Waals surface area contributed by atoms with E-state index in [0.29, 0.717) is 13.2 Å². The Hall–Kier alpha value is -0.870. The molecule has 14 heavy (non-hydrogen) atoms. The van der Waals surface area contributed by atoms with E-state index in [4.69, 9.17) is 4.74 Å². The van der Waals surface area contributed by atoms with E-state index in [-0.39, 0.29) is 18.1 Å². The maximum Gasteiger partial charge on any atom is 0.240 e. The van der Waals surface area contributed by atoms with Gasteiger partial charge in [-0.2, -0.15) is 0 Å². The number of morpholine rings is 1. The second kappa shape index (κ2) is 5.12. The molecular weight excluding hydrogens is 180 g/mol. The molecule has 80 valence electrons. The van der Waals surface area contributed by atoms with Crippen molar-refractivity contribution in [1.82, 2.24) is 10.6 Å². The normalized spacial score (nSPS) is 27.0. The summed E-state index contributed by atoms with van der Waals surface area (Å²) in [5.74, 6) is -0.0137. The van der Waals surface area contributed by atoms with Crippen LogP contribution in [0.1, 0.15) is 13.8 Å². The summed E-state index contributed by atoms with van der Waals surface area (Å²) in [6, 6.07) is -0.233. The molecule has 1 aliphatic heterocycles. The Bertz CT molecular complexity index is 228. The molecule has 0 aromatic carbocycles. The van der Waals surface area contributed by atoms with Crippen molar-refractivity contribution < 1.29 is 9.53 Å². The van der Waals surface area contributed by atoms with Gasteiger partial charge in [-0.05, 0) is 13.8 Å². The SMILES string of the molecule is C=C(C)CNC(=O)C1NCCOC1C. The van der Waals surface area contributed by atoms with Gasteiger partial charge in [0.2, 0.25) is 5.91 Å². The first-order valence-corrected chi connectivity index (χ1v) is 4.88. The summed E-state index contributed by atoms with van der Waals surface area (Å²) < 4.78 is 5.37. The van der Waals surface area contributed by atoms with Crippen LogP contribution < -0.4 is 10.6 Å². The predicted octanol–water partition coefficient (Wildman–Crippen LogP) is 0.0556. The van der Waals surface area contributed by atoms with Gasteiger partial charge in [-0.15, -0.1) is 0 Å². The summed E-state index contributed by atoms with van der Waals surface area (Å²) in [4.78, 5) is 11.6. The Morgan fingerprint density at radius 1 is 1.71 bits per heavy atom. The third-order valence-electron chi connectivity index (χ3n) is 2.16. The van der Waals surface area contributed by atoms with Crippen molar-refractivity contribution in [1.29, 1.82) is 0 Å². The van der Waals surface area contributed by atoms with E-state index in [9.17, 15) is 4.79 Å². The minimum absolute atomic E-state index is 0.0137. The summed E-state index contributed by atoms with van der Waals surface area (Å²) in [7, 11) is 0. The molecule has 2 atom stereocenters. The van der Waals surface area contributed by atoms with Gasteiger partial charge < -0.3 is 15.4 Å². The van der Waals surface area contributed by atoms with E-state index in [0.717, 1.165) is 12.1 Å². The molecule has 1 amide bonds. The Morgan fingerprint density at radius 3 is 3.00 bits per heavy atom. The number of hydrogen-bond acceptors (Lipinski definition) is 3. The van der Waals surface area contributed by atoms with Crippen LogP contribution in [0.15, 0.2) is 12.2 Å². The van der Waals surface area contributed by atoms with Crippen LogP contribution in [0.3, 0.4) is 0 Å². The number of nitrogens with one attached hydrogen (secondary N) is 2. The van der Waals surface area contributed by atoms with Crippen LogP contribution in [0.25, 0.3) is 0 Å². The second-order valence-electron chi connectivity index (χ2n) is 3.68. The number of carbonyl (C=O) groups excluding carboxylic acids is 1. The van der Waals surface area contributed by atoms with Crippen molar-refractivity contribution >= 4 is 5.91 Å². The van der Waals surface area contributed by atoms with E-state index in [1.54, 1.807) is 0 Å².